The molecular formula is C27H21F2N3O4. The first-order valence-corrected chi connectivity index (χ1v) is 11.2. The third-order valence-electron chi connectivity index (χ3n) is 5.97. The minimum Gasteiger partial charge on any atom is -0.493 e. The van der Waals surface area contributed by atoms with E-state index in [1.807, 2.05) is 13.0 Å². The first kappa shape index (κ1) is 23.2. The van der Waals surface area contributed by atoms with Crippen LogP contribution in [-0.2, 0) is 0 Å². The highest BCUT2D eigenvalue weighted by molar-refractivity contribution is 6.00. The number of carboxylic acids is 1. The molecule has 0 aliphatic carbocycles. The van der Waals surface area contributed by atoms with Gasteiger partial charge >= 0.3 is 5.97 Å². The summed E-state index contributed by atoms with van der Waals surface area (Å²) in [6, 6.07) is 10.4. The molecule has 3 heterocycles. The minimum atomic E-state index is -1.41. The Balaban J connectivity index is 1.85. The van der Waals surface area contributed by atoms with Gasteiger partial charge in [0, 0.05) is 40.0 Å². The molecule has 0 aliphatic heterocycles. The highest BCUT2D eigenvalue weighted by Gasteiger charge is 2.23. The SMILES string of the molecule is CCOc1cc(C(=O)O)c(F)cc1-c1cn(-c2ccccc2F)c2ncc(-c3c(C)noc3C)cc12. The third-order valence-corrected chi connectivity index (χ3v) is 5.97. The van der Waals surface area contributed by atoms with E-state index in [4.69, 9.17) is 9.26 Å². The molecule has 3 aromatic heterocycles. The van der Waals surface area contributed by atoms with Crippen LogP contribution < -0.4 is 4.74 Å². The molecule has 9 heteroatoms. The maximum Gasteiger partial charge on any atom is 0.338 e. The second-order valence-electron chi connectivity index (χ2n) is 8.22. The largest absolute Gasteiger partial charge is 0.493 e. The van der Waals surface area contributed by atoms with Gasteiger partial charge in [0.25, 0.3) is 0 Å². The molecule has 0 bridgehead atoms. The number of carbonyl (C=O) groups is 1. The van der Waals surface area contributed by atoms with Crippen molar-refractivity contribution in [1.82, 2.24) is 14.7 Å². The van der Waals surface area contributed by atoms with Crippen molar-refractivity contribution in [1.29, 1.82) is 0 Å². The molecule has 0 unspecified atom stereocenters. The number of pyridine rings is 1. The molecule has 0 atom stereocenters. The summed E-state index contributed by atoms with van der Waals surface area (Å²) in [5, 5.41) is 14.0. The summed E-state index contributed by atoms with van der Waals surface area (Å²) in [4.78, 5) is 16.2. The van der Waals surface area contributed by atoms with Crippen LogP contribution in [-0.4, -0.2) is 32.4 Å². The van der Waals surface area contributed by atoms with E-state index in [-0.39, 0.29) is 18.0 Å². The second-order valence-corrected chi connectivity index (χ2v) is 8.22. The predicted molar refractivity (Wildman–Crippen MR) is 130 cm³/mol. The Labute approximate surface area is 204 Å². The van der Waals surface area contributed by atoms with Gasteiger partial charge in [-0.25, -0.2) is 18.6 Å². The van der Waals surface area contributed by atoms with Gasteiger partial charge < -0.3 is 14.4 Å². The Kier molecular flexibility index (Phi) is 5.75. The second kappa shape index (κ2) is 8.92. The average molecular weight is 489 g/mol. The molecule has 0 amide bonds. The van der Waals surface area contributed by atoms with Crippen LogP contribution in [0.3, 0.4) is 0 Å². The first-order valence-electron chi connectivity index (χ1n) is 11.2. The van der Waals surface area contributed by atoms with Crippen molar-refractivity contribution in [2.24, 2.45) is 0 Å². The highest BCUT2D eigenvalue weighted by Crippen LogP contribution is 2.40. The number of hydrogen-bond acceptors (Lipinski definition) is 5. The topological polar surface area (TPSA) is 90.4 Å². The molecule has 2 aromatic carbocycles. The van der Waals surface area contributed by atoms with Gasteiger partial charge in [0.2, 0.25) is 0 Å². The summed E-state index contributed by atoms with van der Waals surface area (Å²) < 4.78 is 42.3. The van der Waals surface area contributed by atoms with Gasteiger partial charge in [-0.3, -0.25) is 4.57 Å². The summed E-state index contributed by atoms with van der Waals surface area (Å²) in [6.45, 7) is 5.58. The van der Waals surface area contributed by atoms with Gasteiger partial charge in [0.15, 0.2) is 0 Å². The predicted octanol–water partition coefficient (Wildman–Crippen LogP) is 6.34. The maximum absolute atomic E-state index is 14.9. The van der Waals surface area contributed by atoms with Crippen molar-refractivity contribution >= 4 is 17.0 Å². The van der Waals surface area contributed by atoms with Crippen LogP contribution in [0.25, 0.3) is 39.0 Å². The zero-order valence-electron chi connectivity index (χ0n) is 19.7. The Bertz CT molecular complexity index is 1620. The smallest absolute Gasteiger partial charge is 0.338 e. The molecule has 0 aliphatic rings. The summed E-state index contributed by atoms with van der Waals surface area (Å²) in [5.41, 5.74) is 3.15. The van der Waals surface area contributed by atoms with Crippen molar-refractivity contribution in [3.8, 4) is 33.7 Å². The first-order chi connectivity index (χ1) is 17.3. The van der Waals surface area contributed by atoms with Gasteiger partial charge in [-0.05, 0) is 51.1 Å². The minimum absolute atomic E-state index is 0.187. The van der Waals surface area contributed by atoms with Gasteiger partial charge in [0.05, 0.1) is 23.6 Å². The number of aryl methyl sites for hydroxylation is 2. The Morgan fingerprint density at radius 1 is 1.11 bits per heavy atom. The van der Waals surface area contributed by atoms with Crippen molar-refractivity contribution in [2.75, 3.05) is 6.61 Å². The fraction of sp³-hybridized carbons (Fsp3) is 0.148. The number of hydrogen-bond donors (Lipinski definition) is 1. The lowest BCUT2D eigenvalue weighted by molar-refractivity contribution is 0.0691. The van der Waals surface area contributed by atoms with Gasteiger partial charge in [0.1, 0.15) is 28.8 Å². The quantitative estimate of drug-likeness (QED) is 0.299. The van der Waals surface area contributed by atoms with Gasteiger partial charge in [-0.1, -0.05) is 17.3 Å². The fourth-order valence-corrected chi connectivity index (χ4v) is 4.39. The number of fused-ring (bicyclic) bond motifs is 1. The van der Waals surface area contributed by atoms with Crippen molar-refractivity contribution in [3.63, 3.8) is 0 Å². The summed E-state index contributed by atoms with van der Waals surface area (Å²) in [5.74, 6) is -1.99. The van der Waals surface area contributed by atoms with E-state index in [1.165, 1.54) is 6.07 Å². The van der Waals surface area contributed by atoms with E-state index in [0.717, 1.165) is 17.7 Å². The van der Waals surface area contributed by atoms with E-state index in [2.05, 4.69) is 10.1 Å². The van der Waals surface area contributed by atoms with Crippen LogP contribution >= 0.6 is 0 Å². The number of aromatic nitrogens is 3. The average Bonchev–Trinajstić information content (AvgIpc) is 3.39. The van der Waals surface area contributed by atoms with Crippen LogP contribution in [0.2, 0.25) is 0 Å². The maximum atomic E-state index is 14.9. The number of halogens is 2. The Morgan fingerprint density at radius 2 is 1.89 bits per heavy atom. The molecule has 0 radical (unpaired) electrons. The number of aromatic carboxylic acids is 1. The third kappa shape index (κ3) is 3.78. The molecule has 0 fully saturated rings. The number of ether oxygens (including phenoxy) is 1. The lowest BCUT2D eigenvalue weighted by Crippen LogP contribution is -2.03. The summed E-state index contributed by atoms with van der Waals surface area (Å²) in [7, 11) is 0. The lowest BCUT2D eigenvalue weighted by Gasteiger charge is -2.12. The number of rotatable bonds is 6. The highest BCUT2D eigenvalue weighted by atomic mass is 19.1. The summed E-state index contributed by atoms with van der Waals surface area (Å²) >= 11 is 0. The number of para-hydroxylation sites is 1. The zero-order valence-corrected chi connectivity index (χ0v) is 19.7. The molecular weight excluding hydrogens is 468 g/mol. The zero-order chi connectivity index (χ0) is 25.6. The van der Waals surface area contributed by atoms with Crippen molar-refractivity contribution < 1.29 is 27.9 Å². The van der Waals surface area contributed by atoms with Crippen LogP contribution in [0.1, 0.15) is 28.7 Å². The van der Waals surface area contributed by atoms with E-state index in [0.29, 0.717) is 39.2 Å². The molecule has 5 aromatic rings. The standard InChI is InChI=1S/C27H21F2N3O4/c1-4-35-24-11-19(27(33)34)22(29)10-17(24)20-13-32(23-8-6-5-7-21(23)28)26-18(20)9-16(12-30-26)25-14(2)31-36-15(25)3/h5-13H,4H2,1-3H3,(H,33,34). The van der Waals surface area contributed by atoms with Crippen LogP contribution in [0.15, 0.2) is 59.4 Å². The van der Waals surface area contributed by atoms with Crippen LogP contribution in [0, 0.1) is 25.5 Å². The number of nitrogens with zero attached hydrogens (tertiary/aromatic N) is 3. The molecule has 7 nitrogen and oxygen atoms in total. The normalized spacial score (nSPS) is 11.2. The number of benzene rings is 2. The molecule has 0 spiro atoms. The monoisotopic (exact) mass is 489 g/mol. The molecule has 36 heavy (non-hydrogen) atoms. The fourth-order valence-electron chi connectivity index (χ4n) is 4.39. The van der Waals surface area contributed by atoms with Gasteiger partial charge in [-0.2, -0.15) is 0 Å². The van der Waals surface area contributed by atoms with Crippen molar-refractivity contribution in [3.05, 3.63) is 83.5 Å². The molecule has 5 rings (SSSR count). The lowest BCUT2D eigenvalue weighted by atomic mass is 9.99. The van der Waals surface area contributed by atoms with Crippen LogP contribution in [0.4, 0.5) is 8.78 Å². The van der Waals surface area contributed by atoms with Gasteiger partial charge in [-0.15, -0.1) is 0 Å². The molecule has 0 saturated heterocycles. The van der Waals surface area contributed by atoms with E-state index in [1.54, 1.807) is 49.0 Å². The van der Waals surface area contributed by atoms with E-state index < -0.39 is 23.2 Å². The molecule has 0 saturated carbocycles. The summed E-state index contributed by atoms with van der Waals surface area (Å²) in [6.07, 6.45) is 3.29. The molecule has 1 N–H and O–H groups in total. The van der Waals surface area contributed by atoms with Crippen LogP contribution in [0.5, 0.6) is 5.75 Å². The van der Waals surface area contributed by atoms with E-state index in [9.17, 15) is 18.7 Å². The van der Waals surface area contributed by atoms with Crippen molar-refractivity contribution in [2.45, 2.75) is 20.8 Å². The molecule has 182 valence electrons. The van der Waals surface area contributed by atoms with E-state index >= 15 is 0 Å². The number of carboxylic acid groups (broad SMARTS) is 1. The Morgan fingerprint density at radius 3 is 2.56 bits per heavy atom. The Hall–Kier alpha value is -4.53.